The Hall–Kier alpha value is -2.26. The molecule has 2 aromatic carbocycles. The van der Waals surface area contributed by atoms with Gasteiger partial charge >= 0.3 is 0 Å². The lowest BCUT2D eigenvalue weighted by atomic mass is 10.2. The number of benzene rings is 2. The maximum Gasteiger partial charge on any atom is 0.134 e. The molecule has 3 nitrogen and oxygen atoms in total. The van der Waals surface area contributed by atoms with Crippen molar-refractivity contribution in [2.75, 3.05) is 11.9 Å². The molecule has 0 saturated carbocycles. The van der Waals surface area contributed by atoms with Crippen molar-refractivity contribution in [3.8, 4) is 0 Å². The molecule has 3 N–H and O–H groups in total. The number of anilines is 1. The maximum atomic E-state index is 5.85. The van der Waals surface area contributed by atoms with Crippen molar-refractivity contribution < 1.29 is 4.42 Å². The molecule has 96 valence electrons. The quantitative estimate of drug-likeness (QED) is 0.746. The standard InChI is InChI=1S/C16H16N2O/c17-11-14(18-13-7-2-1-3-8-13)16-10-12-6-4-5-9-15(12)19-16/h1-10,14,18H,11,17H2. The molecule has 1 aromatic heterocycles. The lowest BCUT2D eigenvalue weighted by Gasteiger charge is -2.15. The van der Waals surface area contributed by atoms with Crippen LogP contribution in [0.4, 0.5) is 5.69 Å². The topological polar surface area (TPSA) is 51.2 Å². The monoisotopic (exact) mass is 252 g/mol. The zero-order valence-corrected chi connectivity index (χ0v) is 10.5. The Morgan fingerprint density at radius 1 is 1.00 bits per heavy atom. The summed E-state index contributed by atoms with van der Waals surface area (Å²) in [4.78, 5) is 0. The minimum atomic E-state index is -0.0187. The lowest BCUT2D eigenvalue weighted by Crippen LogP contribution is -2.19. The third-order valence-electron chi connectivity index (χ3n) is 3.14. The third-order valence-corrected chi connectivity index (χ3v) is 3.14. The van der Waals surface area contributed by atoms with Gasteiger partial charge in [-0.3, -0.25) is 0 Å². The molecule has 1 unspecified atom stereocenters. The van der Waals surface area contributed by atoms with E-state index >= 15 is 0 Å². The molecular formula is C16H16N2O. The average molecular weight is 252 g/mol. The minimum absolute atomic E-state index is 0.0187. The molecule has 0 aliphatic heterocycles. The molecule has 3 heteroatoms. The van der Waals surface area contributed by atoms with E-state index in [4.69, 9.17) is 10.2 Å². The van der Waals surface area contributed by atoms with Crippen LogP contribution in [0.2, 0.25) is 0 Å². The van der Waals surface area contributed by atoms with Crippen molar-refractivity contribution in [1.29, 1.82) is 0 Å². The molecular weight excluding hydrogens is 236 g/mol. The van der Waals surface area contributed by atoms with E-state index in [0.29, 0.717) is 6.54 Å². The van der Waals surface area contributed by atoms with E-state index < -0.39 is 0 Å². The molecule has 0 saturated heterocycles. The van der Waals surface area contributed by atoms with Gasteiger partial charge < -0.3 is 15.5 Å². The average Bonchev–Trinajstić information content (AvgIpc) is 2.89. The van der Waals surface area contributed by atoms with Crippen LogP contribution in [0.5, 0.6) is 0 Å². The van der Waals surface area contributed by atoms with Crippen LogP contribution in [0.15, 0.2) is 65.1 Å². The number of hydrogen-bond acceptors (Lipinski definition) is 3. The van der Waals surface area contributed by atoms with Crippen LogP contribution in [-0.4, -0.2) is 6.54 Å². The molecule has 3 aromatic rings. The largest absolute Gasteiger partial charge is 0.459 e. The minimum Gasteiger partial charge on any atom is -0.459 e. The molecule has 1 atom stereocenters. The highest BCUT2D eigenvalue weighted by Crippen LogP contribution is 2.25. The molecule has 1 heterocycles. The number of para-hydroxylation sites is 2. The molecule has 0 radical (unpaired) electrons. The molecule has 0 spiro atoms. The normalized spacial score (nSPS) is 12.5. The van der Waals surface area contributed by atoms with Gasteiger partial charge in [-0.05, 0) is 24.3 Å². The summed E-state index contributed by atoms with van der Waals surface area (Å²) >= 11 is 0. The van der Waals surface area contributed by atoms with Crippen LogP contribution in [0.3, 0.4) is 0 Å². The lowest BCUT2D eigenvalue weighted by molar-refractivity contribution is 0.515. The van der Waals surface area contributed by atoms with E-state index in [1.165, 1.54) is 0 Å². The van der Waals surface area contributed by atoms with Gasteiger partial charge in [0, 0.05) is 17.6 Å². The second-order valence-electron chi connectivity index (χ2n) is 4.49. The Morgan fingerprint density at radius 3 is 2.47 bits per heavy atom. The van der Waals surface area contributed by atoms with Gasteiger partial charge in [0.25, 0.3) is 0 Å². The van der Waals surface area contributed by atoms with E-state index in [9.17, 15) is 0 Å². The summed E-state index contributed by atoms with van der Waals surface area (Å²) in [5.74, 6) is 0.868. The summed E-state index contributed by atoms with van der Waals surface area (Å²) < 4.78 is 5.85. The van der Waals surface area contributed by atoms with Gasteiger partial charge in [-0.1, -0.05) is 36.4 Å². The number of fused-ring (bicyclic) bond motifs is 1. The first-order chi connectivity index (χ1) is 9.36. The second kappa shape index (κ2) is 5.16. The highest BCUT2D eigenvalue weighted by molar-refractivity contribution is 5.77. The van der Waals surface area contributed by atoms with Crippen LogP contribution in [0.1, 0.15) is 11.8 Å². The number of rotatable bonds is 4. The Kier molecular flexibility index (Phi) is 3.21. The molecule has 0 fully saturated rings. The molecule has 0 bridgehead atoms. The Morgan fingerprint density at radius 2 is 1.74 bits per heavy atom. The molecule has 3 rings (SSSR count). The number of nitrogens with two attached hydrogens (primary N) is 1. The fourth-order valence-electron chi connectivity index (χ4n) is 2.16. The van der Waals surface area contributed by atoms with Gasteiger partial charge in [0.15, 0.2) is 0 Å². The number of hydrogen-bond donors (Lipinski definition) is 2. The zero-order chi connectivity index (χ0) is 13.1. The summed E-state index contributed by atoms with van der Waals surface area (Å²) in [5.41, 5.74) is 7.79. The van der Waals surface area contributed by atoms with E-state index in [0.717, 1.165) is 22.4 Å². The van der Waals surface area contributed by atoms with E-state index in [1.54, 1.807) is 0 Å². The Labute approximate surface area is 112 Å². The molecule has 0 amide bonds. The van der Waals surface area contributed by atoms with Gasteiger partial charge in [-0.15, -0.1) is 0 Å². The first-order valence-corrected chi connectivity index (χ1v) is 6.37. The van der Waals surface area contributed by atoms with E-state index in [1.807, 2.05) is 60.7 Å². The number of nitrogens with one attached hydrogen (secondary N) is 1. The fraction of sp³-hybridized carbons (Fsp3) is 0.125. The van der Waals surface area contributed by atoms with Crippen LogP contribution < -0.4 is 11.1 Å². The highest BCUT2D eigenvalue weighted by Gasteiger charge is 2.14. The smallest absolute Gasteiger partial charge is 0.134 e. The van der Waals surface area contributed by atoms with Crippen molar-refractivity contribution >= 4 is 16.7 Å². The van der Waals surface area contributed by atoms with Gasteiger partial charge in [0.2, 0.25) is 0 Å². The molecule has 19 heavy (non-hydrogen) atoms. The van der Waals surface area contributed by atoms with Crippen LogP contribution in [0.25, 0.3) is 11.0 Å². The van der Waals surface area contributed by atoms with Crippen molar-refractivity contribution in [3.05, 3.63) is 66.4 Å². The summed E-state index contributed by atoms with van der Waals surface area (Å²) in [6, 6.07) is 20.0. The van der Waals surface area contributed by atoms with Gasteiger partial charge in [0.05, 0.1) is 6.04 Å². The van der Waals surface area contributed by atoms with Crippen molar-refractivity contribution in [2.45, 2.75) is 6.04 Å². The Balaban J connectivity index is 1.89. The number of furan rings is 1. The van der Waals surface area contributed by atoms with Crippen molar-refractivity contribution in [3.63, 3.8) is 0 Å². The third kappa shape index (κ3) is 2.46. The van der Waals surface area contributed by atoms with Crippen LogP contribution >= 0.6 is 0 Å². The first kappa shape index (κ1) is 11.8. The van der Waals surface area contributed by atoms with E-state index in [-0.39, 0.29) is 6.04 Å². The van der Waals surface area contributed by atoms with Gasteiger partial charge in [-0.25, -0.2) is 0 Å². The Bertz CT molecular complexity index is 628. The van der Waals surface area contributed by atoms with Crippen molar-refractivity contribution in [2.24, 2.45) is 5.73 Å². The maximum absolute atomic E-state index is 5.85. The fourth-order valence-corrected chi connectivity index (χ4v) is 2.16. The summed E-state index contributed by atoms with van der Waals surface area (Å²) in [7, 11) is 0. The van der Waals surface area contributed by atoms with Gasteiger partial charge in [-0.2, -0.15) is 0 Å². The van der Waals surface area contributed by atoms with Crippen molar-refractivity contribution in [1.82, 2.24) is 0 Å². The summed E-state index contributed by atoms with van der Waals surface area (Å²) in [6.07, 6.45) is 0. The second-order valence-corrected chi connectivity index (χ2v) is 4.49. The zero-order valence-electron chi connectivity index (χ0n) is 10.5. The molecule has 0 aliphatic rings. The first-order valence-electron chi connectivity index (χ1n) is 6.37. The van der Waals surface area contributed by atoms with Gasteiger partial charge in [0.1, 0.15) is 11.3 Å². The molecule has 0 aliphatic carbocycles. The summed E-state index contributed by atoms with van der Waals surface area (Å²) in [6.45, 7) is 0.481. The SMILES string of the molecule is NCC(Nc1ccccc1)c1cc2ccccc2o1. The highest BCUT2D eigenvalue weighted by atomic mass is 16.3. The van der Waals surface area contributed by atoms with Crippen LogP contribution in [0, 0.1) is 0 Å². The predicted octanol–water partition coefficient (Wildman–Crippen LogP) is 3.54. The predicted molar refractivity (Wildman–Crippen MR) is 78.1 cm³/mol. The summed E-state index contributed by atoms with van der Waals surface area (Å²) in [5, 5.41) is 4.49. The van der Waals surface area contributed by atoms with Crippen LogP contribution in [-0.2, 0) is 0 Å². The van der Waals surface area contributed by atoms with E-state index in [2.05, 4.69) is 5.32 Å².